The number of carbonyl (C=O) groups is 1. The Hall–Kier alpha value is -3.54. The van der Waals surface area contributed by atoms with E-state index in [0.29, 0.717) is 9.68 Å². The van der Waals surface area contributed by atoms with Crippen molar-refractivity contribution in [3.05, 3.63) is 112 Å². The van der Waals surface area contributed by atoms with Gasteiger partial charge < -0.3 is 4.57 Å². The first kappa shape index (κ1) is 20.4. The van der Waals surface area contributed by atoms with Gasteiger partial charge in [-0.05, 0) is 33.7 Å². The van der Waals surface area contributed by atoms with Crippen LogP contribution in [0.4, 0.5) is 0 Å². The topological polar surface area (TPSA) is 34.4 Å². The van der Waals surface area contributed by atoms with Gasteiger partial charge in [0.05, 0.1) is 15.4 Å². The van der Waals surface area contributed by atoms with Crippen LogP contribution in [0, 0.1) is 0 Å². The standard InChI is InChI=1S/C27H20N2OS2/c1-29-24(21-16-14-20(15-17-21)19-9-4-2-5-10-19)25(22-11-6-3-7-12-22)32-27(29)28-26(30)23-13-8-18-31-23/h2-18H,1H3. The van der Waals surface area contributed by atoms with Crippen molar-refractivity contribution in [1.82, 2.24) is 4.57 Å². The second-order valence-corrected chi connectivity index (χ2v) is 9.25. The highest BCUT2D eigenvalue weighted by Crippen LogP contribution is 2.35. The largest absolute Gasteiger partial charge is 0.319 e. The fraction of sp³-hybridized carbons (Fsp3) is 0.0370. The Kier molecular flexibility index (Phi) is 5.67. The molecule has 0 saturated heterocycles. The van der Waals surface area contributed by atoms with E-state index < -0.39 is 0 Å². The average Bonchev–Trinajstić information content (AvgIpc) is 3.49. The molecular formula is C27H20N2OS2. The molecule has 3 nitrogen and oxygen atoms in total. The van der Waals surface area contributed by atoms with Gasteiger partial charge in [-0.3, -0.25) is 4.79 Å². The predicted molar refractivity (Wildman–Crippen MR) is 134 cm³/mol. The maximum atomic E-state index is 12.7. The summed E-state index contributed by atoms with van der Waals surface area (Å²) in [6.07, 6.45) is 0. The van der Waals surface area contributed by atoms with E-state index in [9.17, 15) is 4.79 Å². The number of aromatic nitrogens is 1. The molecule has 0 aliphatic rings. The van der Waals surface area contributed by atoms with Crippen LogP contribution in [0.15, 0.2) is 107 Å². The first-order chi connectivity index (χ1) is 15.7. The molecular weight excluding hydrogens is 432 g/mol. The molecule has 2 aromatic heterocycles. The molecule has 0 aliphatic carbocycles. The number of hydrogen-bond acceptors (Lipinski definition) is 3. The lowest BCUT2D eigenvalue weighted by atomic mass is 10.0. The maximum absolute atomic E-state index is 12.7. The lowest BCUT2D eigenvalue weighted by molar-refractivity contribution is 0.100. The number of nitrogens with zero attached hydrogens (tertiary/aromatic N) is 2. The number of rotatable bonds is 4. The van der Waals surface area contributed by atoms with Crippen molar-refractivity contribution in [2.75, 3.05) is 0 Å². The zero-order valence-electron chi connectivity index (χ0n) is 17.4. The van der Waals surface area contributed by atoms with Gasteiger partial charge in [0.2, 0.25) is 0 Å². The summed E-state index contributed by atoms with van der Waals surface area (Å²) in [6.45, 7) is 0. The van der Waals surface area contributed by atoms with Crippen LogP contribution in [0.2, 0.25) is 0 Å². The van der Waals surface area contributed by atoms with Gasteiger partial charge in [0.1, 0.15) is 0 Å². The van der Waals surface area contributed by atoms with E-state index >= 15 is 0 Å². The van der Waals surface area contributed by atoms with Gasteiger partial charge in [-0.1, -0.05) is 102 Å². The molecule has 0 atom stereocenters. The summed E-state index contributed by atoms with van der Waals surface area (Å²) in [4.78, 5) is 19.5. The van der Waals surface area contributed by atoms with Crippen molar-refractivity contribution < 1.29 is 4.79 Å². The summed E-state index contributed by atoms with van der Waals surface area (Å²) in [5, 5.41) is 1.90. The van der Waals surface area contributed by atoms with E-state index in [0.717, 1.165) is 21.7 Å². The van der Waals surface area contributed by atoms with Crippen LogP contribution < -0.4 is 4.80 Å². The van der Waals surface area contributed by atoms with E-state index in [1.807, 2.05) is 65.5 Å². The molecule has 5 heteroatoms. The molecule has 0 saturated carbocycles. The normalized spacial score (nSPS) is 11.6. The summed E-state index contributed by atoms with van der Waals surface area (Å²) in [5.74, 6) is -0.206. The van der Waals surface area contributed by atoms with Crippen LogP contribution in [0.5, 0.6) is 0 Å². The zero-order chi connectivity index (χ0) is 21.9. The van der Waals surface area contributed by atoms with Crippen LogP contribution in [0.1, 0.15) is 9.67 Å². The molecule has 0 fully saturated rings. The number of carbonyl (C=O) groups excluding carboxylic acids is 1. The average molecular weight is 453 g/mol. The highest BCUT2D eigenvalue weighted by molar-refractivity contribution is 7.13. The van der Waals surface area contributed by atoms with E-state index in [4.69, 9.17) is 0 Å². The van der Waals surface area contributed by atoms with Crippen LogP contribution in [-0.4, -0.2) is 10.5 Å². The van der Waals surface area contributed by atoms with Gasteiger partial charge in [-0.2, -0.15) is 4.99 Å². The molecule has 0 N–H and O–H groups in total. The summed E-state index contributed by atoms with van der Waals surface area (Å²) < 4.78 is 2.02. The number of thiazole rings is 1. The predicted octanol–water partition coefficient (Wildman–Crippen LogP) is 6.89. The highest BCUT2D eigenvalue weighted by atomic mass is 32.1. The van der Waals surface area contributed by atoms with Gasteiger partial charge in [0.15, 0.2) is 4.80 Å². The molecule has 32 heavy (non-hydrogen) atoms. The van der Waals surface area contributed by atoms with Crippen LogP contribution in [0.3, 0.4) is 0 Å². The number of amides is 1. The molecule has 3 aromatic carbocycles. The molecule has 0 unspecified atom stereocenters. The summed E-state index contributed by atoms with van der Waals surface area (Å²) >= 11 is 2.95. The Bertz CT molecular complexity index is 1410. The lowest BCUT2D eigenvalue weighted by Crippen LogP contribution is -2.14. The minimum absolute atomic E-state index is 0.206. The van der Waals surface area contributed by atoms with Gasteiger partial charge >= 0.3 is 0 Å². The lowest BCUT2D eigenvalue weighted by Gasteiger charge is -2.09. The minimum atomic E-state index is -0.206. The molecule has 5 rings (SSSR count). The fourth-order valence-electron chi connectivity index (χ4n) is 3.66. The van der Waals surface area contributed by atoms with Crippen molar-refractivity contribution in [3.63, 3.8) is 0 Å². The Balaban J connectivity index is 1.64. The van der Waals surface area contributed by atoms with Gasteiger partial charge in [-0.15, -0.1) is 11.3 Å². The van der Waals surface area contributed by atoms with Crippen molar-refractivity contribution in [2.24, 2.45) is 12.0 Å². The highest BCUT2D eigenvalue weighted by Gasteiger charge is 2.16. The quantitative estimate of drug-likeness (QED) is 0.292. The monoisotopic (exact) mass is 452 g/mol. The van der Waals surface area contributed by atoms with Crippen molar-refractivity contribution in [2.45, 2.75) is 0 Å². The maximum Gasteiger partial charge on any atom is 0.289 e. The van der Waals surface area contributed by atoms with E-state index in [1.54, 1.807) is 11.3 Å². The molecule has 1 amide bonds. The van der Waals surface area contributed by atoms with Crippen molar-refractivity contribution in [3.8, 4) is 32.8 Å². The summed E-state index contributed by atoms with van der Waals surface area (Å²) in [6, 6.07) is 32.9. The summed E-state index contributed by atoms with van der Waals surface area (Å²) in [7, 11) is 1.98. The van der Waals surface area contributed by atoms with E-state index in [2.05, 4.69) is 53.5 Å². The Morgan fingerprint density at radius 3 is 1.94 bits per heavy atom. The fourth-order valence-corrected chi connectivity index (χ4v) is 5.41. The third-order valence-electron chi connectivity index (χ3n) is 5.26. The second kappa shape index (κ2) is 8.91. The zero-order valence-corrected chi connectivity index (χ0v) is 19.1. The Morgan fingerprint density at radius 1 is 0.719 bits per heavy atom. The minimum Gasteiger partial charge on any atom is -0.319 e. The molecule has 156 valence electrons. The van der Waals surface area contributed by atoms with E-state index in [1.165, 1.54) is 22.5 Å². The van der Waals surface area contributed by atoms with Crippen LogP contribution in [-0.2, 0) is 7.05 Å². The third-order valence-corrected chi connectivity index (χ3v) is 7.30. The number of thiophene rings is 1. The van der Waals surface area contributed by atoms with Crippen LogP contribution in [0.25, 0.3) is 32.8 Å². The first-order valence-electron chi connectivity index (χ1n) is 10.2. The Labute approximate surface area is 194 Å². The molecule has 0 aliphatic heterocycles. The molecule has 0 bridgehead atoms. The third kappa shape index (κ3) is 4.00. The van der Waals surface area contributed by atoms with Crippen LogP contribution >= 0.6 is 22.7 Å². The SMILES string of the molecule is Cn1c(-c2ccc(-c3ccccc3)cc2)c(-c2ccccc2)sc1=NC(=O)c1cccs1. The van der Waals surface area contributed by atoms with Gasteiger partial charge in [0.25, 0.3) is 5.91 Å². The van der Waals surface area contributed by atoms with E-state index in [-0.39, 0.29) is 5.91 Å². The van der Waals surface area contributed by atoms with Gasteiger partial charge in [-0.25, -0.2) is 0 Å². The molecule has 2 heterocycles. The first-order valence-corrected chi connectivity index (χ1v) is 11.9. The van der Waals surface area contributed by atoms with Crippen molar-refractivity contribution in [1.29, 1.82) is 0 Å². The number of hydrogen-bond donors (Lipinski definition) is 0. The Morgan fingerprint density at radius 2 is 1.31 bits per heavy atom. The molecule has 0 spiro atoms. The van der Waals surface area contributed by atoms with Crippen molar-refractivity contribution >= 4 is 28.6 Å². The molecule has 0 radical (unpaired) electrons. The smallest absolute Gasteiger partial charge is 0.289 e. The second-order valence-electron chi connectivity index (χ2n) is 7.33. The number of benzene rings is 3. The summed E-state index contributed by atoms with van der Waals surface area (Å²) in [5.41, 5.74) is 5.62. The molecule has 5 aromatic rings. The van der Waals surface area contributed by atoms with Gasteiger partial charge in [0, 0.05) is 7.05 Å².